The highest BCUT2D eigenvalue weighted by Gasteiger charge is 2.41. The van der Waals surface area contributed by atoms with Crippen molar-refractivity contribution in [1.82, 2.24) is 0 Å². The standard InChI is InChI=1S/C5H6F2O4/c1-5(2,3(8)10-6)4(9)11-7/h1-2H3. The first-order valence-electron chi connectivity index (χ1n) is 2.63. The average molecular weight is 168 g/mol. The van der Waals surface area contributed by atoms with Gasteiger partial charge in [-0.15, -0.1) is 0 Å². The van der Waals surface area contributed by atoms with Gasteiger partial charge >= 0.3 is 11.9 Å². The van der Waals surface area contributed by atoms with E-state index >= 15 is 0 Å². The van der Waals surface area contributed by atoms with E-state index < -0.39 is 17.4 Å². The Balaban J connectivity index is 4.44. The number of carbonyl (C=O) groups is 2. The molecule has 0 unspecified atom stereocenters. The largest absolute Gasteiger partial charge is 0.365 e. The molecule has 0 bridgehead atoms. The molecule has 0 N–H and O–H groups in total. The van der Waals surface area contributed by atoms with E-state index in [-0.39, 0.29) is 0 Å². The van der Waals surface area contributed by atoms with Crippen molar-refractivity contribution in [3.8, 4) is 0 Å². The van der Waals surface area contributed by atoms with Gasteiger partial charge in [-0.05, 0) is 13.8 Å². The molecule has 0 atom stereocenters. The Morgan fingerprint density at radius 3 is 1.55 bits per heavy atom. The molecule has 6 heteroatoms. The second-order valence-corrected chi connectivity index (χ2v) is 2.35. The predicted octanol–water partition coefficient (Wildman–Crippen LogP) is 0.868. The number of halogens is 2. The molecule has 4 nitrogen and oxygen atoms in total. The van der Waals surface area contributed by atoms with E-state index in [9.17, 15) is 18.6 Å². The fourth-order valence-corrected chi connectivity index (χ4v) is 0.276. The fraction of sp³-hybridized carbons (Fsp3) is 0.600. The topological polar surface area (TPSA) is 52.6 Å². The van der Waals surface area contributed by atoms with Crippen LogP contribution in [0, 0.1) is 5.41 Å². The lowest BCUT2D eigenvalue weighted by Crippen LogP contribution is -2.34. The van der Waals surface area contributed by atoms with Gasteiger partial charge in [-0.1, -0.05) is 0 Å². The van der Waals surface area contributed by atoms with E-state index in [1.165, 1.54) is 0 Å². The Kier molecular flexibility index (Phi) is 2.91. The van der Waals surface area contributed by atoms with Crippen LogP contribution < -0.4 is 0 Å². The van der Waals surface area contributed by atoms with Crippen LogP contribution in [0.4, 0.5) is 9.05 Å². The van der Waals surface area contributed by atoms with Gasteiger partial charge in [-0.2, -0.15) is 0 Å². The molecule has 0 fully saturated rings. The van der Waals surface area contributed by atoms with E-state index in [0.717, 1.165) is 13.8 Å². The maximum Gasteiger partial charge on any atom is 0.365 e. The number of rotatable bonds is 2. The third-order valence-corrected chi connectivity index (χ3v) is 1.16. The summed E-state index contributed by atoms with van der Waals surface area (Å²) in [7, 11) is 0. The molecule has 64 valence electrons. The van der Waals surface area contributed by atoms with Gasteiger partial charge in [0.25, 0.3) is 0 Å². The SMILES string of the molecule is CC(C)(C(=O)OF)C(=O)OF. The molecule has 0 aliphatic heterocycles. The van der Waals surface area contributed by atoms with E-state index in [1.807, 2.05) is 0 Å². The summed E-state index contributed by atoms with van der Waals surface area (Å²) in [6.07, 6.45) is 0. The molecule has 0 rings (SSSR count). The summed E-state index contributed by atoms with van der Waals surface area (Å²) in [5.74, 6) is -3.00. The predicted molar refractivity (Wildman–Crippen MR) is 28.2 cm³/mol. The van der Waals surface area contributed by atoms with Gasteiger partial charge < -0.3 is 0 Å². The first kappa shape index (κ1) is 9.80. The van der Waals surface area contributed by atoms with Gasteiger partial charge in [0.1, 0.15) is 0 Å². The fourth-order valence-electron chi connectivity index (χ4n) is 0.276. The van der Waals surface area contributed by atoms with Crippen molar-refractivity contribution in [2.45, 2.75) is 13.8 Å². The van der Waals surface area contributed by atoms with Gasteiger partial charge in [0.15, 0.2) is 5.41 Å². The van der Waals surface area contributed by atoms with Gasteiger partial charge in [-0.25, -0.2) is 9.59 Å². The van der Waals surface area contributed by atoms with Crippen molar-refractivity contribution in [3.05, 3.63) is 0 Å². The second-order valence-electron chi connectivity index (χ2n) is 2.35. The number of carbonyl (C=O) groups excluding carboxylic acids is 2. The zero-order valence-electron chi connectivity index (χ0n) is 5.89. The normalized spacial score (nSPS) is 10.5. The monoisotopic (exact) mass is 168 g/mol. The van der Waals surface area contributed by atoms with Crippen LogP contribution in [0.25, 0.3) is 0 Å². The Morgan fingerprint density at radius 1 is 1.09 bits per heavy atom. The first-order chi connectivity index (χ1) is 4.96. The zero-order chi connectivity index (χ0) is 9.07. The molecule has 0 radical (unpaired) electrons. The lowest BCUT2D eigenvalue weighted by molar-refractivity contribution is -0.213. The van der Waals surface area contributed by atoms with Crippen LogP contribution in [0.1, 0.15) is 13.8 Å². The lowest BCUT2D eigenvalue weighted by Gasteiger charge is -2.12. The van der Waals surface area contributed by atoms with Crippen molar-refractivity contribution < 1.29 is 28.5 Å². The highest BCUT2D eigenvalue weighted by atomic mass is 19.3. The van der Waals surface area contributed by atoms with Gasteiger partial charge in [0.05, 0.1) is 0 Å². The molecule has 11 heavy (non-hydrogen) atoms. The molecule has 0 aromatic heterocycles. The Hall–Kier alpha value is -1.20. The zero-order valence-corrected chi connectivity index (χ0v) is 5.89. The molecule has 0 amide bonds. The third kappa shape index (κ3) is 1.86. The highest BCUT2D eigenvalue weighted by Crippen LogP contribution is 2.19. The molecule has 0 aliphatic rings. The molecule has 0 saturated carbocycles. The quantitative estimate of drug-likeness (QED) is 0.574. The molecule has 0 heterocycles. The minimum Gasteiger partial charge on any atom is -0.254 e. The smallest absolute Gasteiger partial charge is 0.254 e. The van der Waals surface area contributed by atoms with Gasteiger partial charge in [-0.3, -0.25) is 9.88 Å². The number of hydrogen-bond acceptors (Lipinski definition) is 4. The molecule has 0 aliphatic carbocycles. The maximum absolute atomic E-state index is 11.2. The van der Waals surface area contributed by atoms with Crippen LogP contribution >= 0.6 is 0 Å². The molecular weight excluding hydrogens is 162 g/mol. The Morgan fingerprint density at radius 2 is 1.36 bits per heavy atom. The van der Waals surface area contributed by atoms with Gasteiger partial charge in [0, 0.05) is 9.05 Å². The van der Waals surface area contributed by atoms with Crippen LogP contribution in [0.5, 0.6) is 0 Å². The van der Waals surface area contributed by atoms with Crippen LogP contribution in [0.2, 0.25) is 0 Å². The van der Waals surface area contributed by atoms with Crippen molar-refractivity contribution in [2.75, 3.05) is 0 Å². The maximum atomic E-state index is 11.2. The minimum absolute atomic E-state index is 0.969. The summed E-state index contributed by atoms with van der Waals surface area (Å²) in [6, 6.07) is 0. The van der Waals surface area contributed by atoms with Crippen molar-refractivity contribution in [3.63, 3.8) is 0 Å². The van der Waals surface area contributed by atoms with E-state index in [1.54, 1.807) is 0 Å². The van der Waals surface area contributed by atoms with Crippen LogP contribution in [-0.4, -0.2) is 11.9 Å². The van der Waals surface area contributed by atoms with E-state index in [2.05, 4.69) is 9.88 Å². The van der Waals surface area contributed by atoms with Crippen molar-refractivity contribution in [2.24, 2.45) is 5.41 Å². The summed E-state index contributed by atoms with van der Waals surface area (Å²) < 4.78 is 22.4. The minimum atomic E-state index is -1.95. The molecule has 0 saturated heterocycles. The first-order valence-corrected chi connectivity index (χ1v) is 2.63. The summed E-state index contributed by atoms with van der Waals surface area (Å²) in [4.78, 5) is 26.2. The van der Waals surface area contributed by atoms with Crippen LogP contribution in [0.3, 0.4) is 0 Å². The van der Waals surface area contributed by atoms with E-state index in [0.29, 0.717) is 0 Å². The average Bonchev–Trinajstić information content (AvgIpc) is 2.01. The molecule has 0 aromatic carbocycles. The van der Waals surface area contributed by atoms with E-state index in [4.69, 9.17) is 0 Å². The summed E-state index contributed by atoms with van der Waals surface area (Å²) in [6.45, 7) is 1.94. The summed E-state index contributed by atoms with van der Waals surface area (Å²) >= 11 is 0. The lowest BCUT2D eigenvalue weighted by atomic mass is 9.94. The Bertz CT molecular complexity index is 159. The van der Waals surface area contributed by atoms with Crippen molar-refractivity contribution in [1.29, 1.82) is 0 Å². The molecule has 0 aromatic rings. The number of hydrogen-bond donors (Lipinski definition) is 0. The van der Waals surface area contributed by atoms with Crippen LogP contribution in [0.15, 0.2) is 0 Å². The molecular formula is C5H6F2O4. The summed E-state index contributed by atoms with van der Waals surface area (Å²) in [5, 5.41) is 0. The van der Waals surface area contributed by atoms with Crippen LogP contribution in [-0.2, 0) is 19.5 Å². The Labute approximate surface area is 60.9 Å². The molecule has 0 spiro atoms. The second kappa shape index (κ2) is 3.27. The van der Waals surface area contributed by atoms with Crippen molar-refractivity contribution >= 4 is 11.9 Å². The van der Waals surface area contributed by atoms with Gasteiger partial charge in [0.2, 0.25) is 0 Å². The highest BCUT2D eigenvalue weighted by molar-refractivity contribution is 5.98. The summed E-state index contributed by atoms with van der Waals surface area (Å²) in [5.41, 5.74) is -1.95. The third-order valence-electron chi connectivity index (χ3n) is 1.16.